The van der Waals surface area contributed by atoms with E-state index in [1.54, 1.807) is 0 Å². The van der Waals surface area contributed by atoms with E-state index in [0.29, 0.717) is 13.1 Å². The summed E-state index contributed by atoms with van der Waals surface area (Å²) in [4.78, 5) is 14.7. The molecule has 2 aliphatic rings. The molecular formula is C20H31N3O2. The zero-order valence-corrected chi connectivity index (χ0v) is 15.2. The van der Waals surface area contributed by atoms with E-state index in [0.717, 1.165) is 31.8 Å². The van der Waals surface area contributed by atoms with Crippen LogP contribution in [0.15, 0.2) is 30.3 Å². The minimum absolute atomic E-state index is 0.0564. The molecule has 5 heteroatoms. The number of aliphatic hydroxyl groups excluding tert-OH is 1. The Labute approximate surface area is 150 Å². The van der Waals surface area contributed by atoms with E-state index in [2.05, 4.69) is 46.7 Å². The number of rotatable bonds is 7. The third-order valence-corrected chi connectivity index (χ3v) is 5.82. The highest BCUT2D eigenvalue weighted by Gasteiger charge is 2.42. The molecule has 3 rings (SSSR count). The quantitative estimate of drug-likeness (QED) is 0.711. The SMILES string of the molecule is CC1CCN(C(CNC(=O)NCC2(CO)CC2)c2ccccc2)CC1. The Kier molecular flexibility index (Phi) is 5.97. The average Bonchev–Trinajstić information content (AvgIpc) is 3.43. The number of nitrogens with zero attached hydrogens (tertiary/aromatic N) is 1. The molecule has 1 saturated carbocycles. The number of nitrogens with one attached hydrogen (secondary N) is 2. The van der Waals surface area contributed by atoms with E-state index in [1.165, 1.54) is 18.4 Å². The van der Waals surface area contributed by atoms with Crippen molar-refractivity contribution in [1.29, 1.82) is 0 Å². The number of piperidine rings is 1. The molecule has 0 spiro atoms. The lowest BCUT2D eigenvalue weighted by atomic mass is 9.95. The van der Waals surface area contributed by atoms with Gasteiger partial charge < -0.3 is 15.7 Å². The highest BCUT2D eigenvalue weighted by molar-refractivity contribution is 5.74. The molecule has 1 aliphatic carbocycles. The number of benzene rings is 1. The predicted molar refractivity (Wildman–Crippen MR) is 99.3 cm³/mol. The molecule has 1 saturated heterocycles. The summed E-state index contributed by atoms with van der Waals surface area (Å²) in [6.07, 6.45) is 4.44. The molecule has 2 fully saturated rings. The second-order valence-electron chi connectivity index (χ2n) is 7.87. The summed E-state index contributed by atoms with van der Waals surface area (Å²) in [6.45, 7) is 5.81. The fourth-order valence-electron chi connectivity index (χ4n) is 3.56. The van der Waals surface area contributed by atoms with Crippen molar-refractivity contribution in [3.05, 3.63) is 35.9 Å². The zero-order valence-electron chi connectivity index (χ0n) is 15.2. The van der Waals surface area contributed by atoms with Crippen molar-refractivity contribution < 1.29 is 9.90 Å². The van der Waals surface area contributed by atoms with E-state index in [-0.39, 0.29) is 24.1 Å². The largest absolute Gasteiger partial charge is 0.396 e. The molecule has 138 valence electrons. The Hall–Kier alpha value is -1.59. The first-order chi connectivity index (χ1) is 12.1. The van der Waals surface area contributed by atoms with Crippen LogP contribution >= 0.6 is 0 Å². The van der Waals surface area contributed by atoms with Crippen molar-refractivity contribution in [2.45, 2.75) is 38.6 Å². The molecule has 1 aromatic rings. The number of aliphatic hydroxyl groups is 1. The van der Waals surface area contributed by atoms with Crippen molar-refractivity contribution in [3.8, 4) is 0 Å². The number of likely N-dealkylation sites (tertiary alicyclic amines) is 1. The maximum atomic E-state index is 12.2. The Bertz CT molecular complexity index is 551. The second-order valence-corrected chi connectivity index (χ2v) is 7.87. The van der Waals surface area contributed by atoms with Gasteiger partial charge in [0.25, 0.3) is 0 Å². The molecule has 2 amide bonds. The van der Waals surface area contributed by atoms with Crippen molar-refractivity contribution in [3.63, 3.8) is 0 Å². The second kappa shape index (κ2) is 8.19. The molecule has 0 bridgehead atoms. The number of urea groups is 1. The van der Waals surface area contributed by atoms with Gasteiger partial charge in [0.05, 0.1) is 12.6 Å². The molecule has 1 heterocycles. The normalized spacial score (nSPS) is 21.5. The molecule has 5 nitrogen and oxygen atoms in total. The van der Waals surface area contributed by atoms with Gasteiger partial charge >= 0.3 is 6.03 Å². The summed E-state index contributed by atoms with van der Waals surface area (Å²) in [5.41, 5.74) is 1.20. The van der Waals surface area contributed by atoms with Gasteiger partial charge in [-0.3, -0.25) is 4.90 Å². The summed E-state index contributed by atoms with van der Waals surface area (Å²) in [5.74, 6) is 0.789. The van der Waals surface area contributed by atoms with Gasteiger partial charge in [0.15, 0.2) is 0 Å². The standard InChI is InChI=1S/C20H31N3O2/c1-16-7-11-23(12-8-16)18(17-5-3-2-4-6-17)13-21-19(25)22-14-20(15-24)9-10-20/h2-6,16,18,24H,7-15H2,1H3,(H2,21,22,25). The van der Waals surface area contributed by atoms with E-state index in [9.17, 15) is 9.90 Å². The lowest BCUT2D eigenvalue weighted by Gasteiger charge is -2.37. The van der Waals surface area contributed by atoms with E-state index in [1.807, 2.05) is 6.07 Å². The summed E-state index contributed by atoms with van der Waals surface area (Å²) >= 11 is 0. The Morgan fingerprint density at radius 2 is 1.92 bits per heavy atom. The minimum atomic E-state index is -0.133. The maximum Gasteiger partial charge on any atom is 0.314 e. The monoisotopic (exact) mass is 345 g/mol. The molecule has 0 radical (unpaired) electrons. The Balaban J connectivity index is 1.55. The Morgan fingerprint density at radius 1 is 1.24 bits per heavy atom. The average molecular weight is 345 g/mol. The number of hydrogen-bond donors (Lipinski definition) is 3. The summed E-state index contributed by atoms with van der Waals surface area (Å²) in [5, 5.41) is 15.3. The third kappa shape index (κ3) is 4.95. The van der Waals surface area contributed by atoms with E-state index < -0.39 is 0 Å². The van der Waals surface area contributed by atoms with Gasteiger partial charge in [-0.25, -0.2) is 4.79 Å². The molecule has 1 aliphatic heterocycles. The first kappa shape index (κ1) is 18.2. The third-order valence-electron chi connectivity index (χ3n) is 5.82. The number of amides is 2. The van der Waals surface area contributed by atoms with Crippen molar-refractivity contribution >= 4 is 6.03 Å². The topological polar surface area (TPSA) is 64.6 Å². The van der Waals surface area contributed by atoms with Gasteiger partial charge in [-0.15, -0.1) is 0 Å². The maximum absolute atomic E-state index is 12.2. The van der Waals surface area contributed by atoms with Crippen LogP contribution in [-0.4, -0.2) is 48.8 Å². The number of carbonyl (C=O) groups excluding carboxylic acids is 1. The van der Waals surface area contributed by atoms with Gasteiger partial charge in [-0.1, -0.05) is 37.3 Å². The van der Waals surface area contributed by atoms with Crippen LogP contribution in [0, 0.1) is 11.3 Å². The Morgan fingerprint density at radius 3 is 2.52 bits per heavy atom. The van der Waals surface area contributed by atoms with Crippen molar-refractivity contribution in [2.24, 2.45) is 11.3 Å². The van der Waals surface area contributed by atoms with Crippen LogP contribution in [0.4, 0.5) is 4.79 Å². The predicted octanol–water partition coefficient (Wildman–Crippen LogP) is 2.53. The van der Waals surface area contributed by atoms with Gasteiger partial charge in [0.1, 0.15) is 0 Å². The molecular weight excluding hydrogens is 314 g/mol. The number of carbonyl (C=O) groups is 1. The van der Waals surface area contributed by atoms with Crippen LogP contribution in [0.1, 0.15) is 44.2 Å². The van der Waals surface area contributed by atoms with Crippen LogP contribution < -0.4 is 10.6 Å². The minimum Gasteiger partial charge on any atom is -0.396 e. The lowest BCUT2D eigenvalue weighted by Crippen LogP contribution is -2.45. The van der Waals surface area contributed by atoms with Crippen LogP contribution in [0.25, 0.3) is 0 Å². The van der Waals surface area contributed by atoms with Crippen molar-refractivity contribution in [1.82, 2.24) is 15.5 Å². The fraction of sp³-hybridized carbons (Fsp3) is 0.650. The molecule has 1 aromatic carbocycles. The first-order valence-corrected chi connectivity index (χ1v) is 9.53. The summed E-state index contributed by atoms with van der Waals surface area (Å²) in [7, 11) is 0. The van der Waals surface area contributed by atoms with E-state index in [4.69, 9.17) is 0 Å². The molecule has 0 aromatic heterocycles. The highest BCUT2D eigenvalue weighted by atomic mass is 16.3. The van der Waals surface area contributed by atoms with Crippen LogP contribution in [0.2, 0.25) is 0 Å². The molecule has 25 heavy (non-hydrogen) atoms. The molecule has 3 N–H and O–H groups in total. The van der Waals surface area contributed by atoms with Crippen LogP contribution in [0.5, 0.6) is 0 Å². The first-order valence-electron chi connectivity index (χ1n) is 9.53. The highest BCUT2D eigenvalue weighted by Crippen LogP contribution is 2.44. The van der Waals surface area contributed by atoms with Crippen LogP contribution in [0.3, 0.4) is 0 Å². The zero-order chi connectivity index (χ0) is 17.7. The molecule has 1 atom stereocenters. The smallest absolute Gasteiger partial charge is 0.314 e. The van der Waals surface area contributed by atoms with Gasteiger partial charge in [0, 0.05) is 18.5 Å². The lowest BCUT2D eigenvalue weighted by molar-refractivity contribution is 0.136. The van der Waals surface area contributed by atoms with E-state index >= 15 is 0 Å². The van der Waals surface area contributed by atoms with Gasteiger partial charge in [0.2, 0.25) is 0 Å². The van der Waals surface area contributed by atoms with Crippen LogP contribution in [-0.2, 0) is 0 Å². The summed E-state index contributed by atoms with van der Waals surface area (Å²) < 4.78 is 0. The van der Waals surface area contributed by atoms with Crippen molar-refractivity contribution in [2.75, 3.05) is 32.8 Å². The summed E-state index contributed by atoms with van der Waals surface area (Å²) in [6, 6.07) is 10.5. The fourth-order valence-corrected chi connectivity index (χ4v) is 3.56. The van der Waals surface area contributed by atoms with Gasteiger partial charge in [-0.2, -0.15) is 0 Å². The number of hydrogen-bond acceptors (Lipinski definition) is 3. The molecule has 1 unspecified atom stereocenters. The van der Waals surface area contributed by atoms with Gasteiger partial charge in [-0.05, 0) is 50.3 Å².